The second-order valence-corrected chi connectivity index (χ2v) is 7.37. The number of Topliss-reactive ketones (excluding diaryl/α,β-unsaturated/α-hetero) is 1. The summed E-state index contributed by atoms with van der Waals surface area (Å²) < 4.78 is 0. The van der Waals surface area contributed by atoms with Gasteiger partial charge in [0.1, 0.15) is 11.5 Å². The van der Waals surface area contributed by atoms with E-state index in [9.17, 15) is 19.8 Å². The zero-order valence-electron chi connectivity index (χ0n) is 14.6. The van der Waals surface area contributed by atoms with Gasteiger partial charge in [-0.1, -0.05) is 18.2 Å². The first kappa shape index (κ1) is 17.9. The summed E-state index contributed by atoms with van der Waals surface area (Å²) in [4.78, 5) is 31.9. The summed E-state index contributed by atoms with van der Waals surface area (Å²) in [5.74, 6) is -1.68. The van der Waals surface area contributed by atoms with E-state index in [-0.39, 0.29) is 23.6 Å². The summed E-state index contributed by atoms with van der Waals surface area (Å²) in [6.07, 6.45) is 3.00. The van der Waals surface area contributed by atoms with Gasteiger partial charge in [0.15, 0.2) is 0 Å². The lowest BCUT2D eigenvalue weighted by Gasteiger charge is -2.25. The van der Waals surface area contributed by atoms with Gasteiger partial charge in [0.25, 0.3) is 11.7 Å². The van der Waals surface area contributed by atoms with E-state index < -0.39 is 17.7 Å². The van der Waals surface area contributed by atoms with Crippen molar-refractivity contribution >= 4 is 28.8 Å². The summed E-state index contributed by atoms with van der Waals surface area (Å²) in [6.45, 7) is 0.232. The number of aliphatic hydroxyl groups excluding tert-OH is 1. The third-order valence-corrected chi connectivity index (χ3v) is 5.45. The third kappa shape index (κ3) is 3.16. The number of aliphatic hydroxyl groups is 1. The van der Waals surface area contributed by atoms with Crippen molar-refractivity contribution in [1.82, 2.24) is 9.88 Å². The monoisotopic (exact) mass is 392 g/mol. The summed E-state index contributed by atoms with van der Waals surface area (Å²) in [5.41, 5.74) is 0.944. The van der Waals surface area contributed by atoms with Crippen LogP contribution in [0.1, 0.15) is 22.0 Å². The number of carbonyl (C=O) groups excluding carboxylic acids is 2. The lowest BCUT2D eigenvalue weighted by Crippen LogP contribution is -2.28. The maximum Gasteiger partial charge on any atom is 0.295 e. The first-order valence-electron chi connectivity index (χ1n) is 8.56. The fraction of sp³-hybridized carbons (Fsp3) is 0.0952. The minimum atomic E-state index is -0.803. The number of phenols is 1. The standard InChI is InChI=1S/C21H16N2O4S/c24-15-4-1-3-14(11-15)18-17(19(25)13-6-8-22-9-7-13)20(26)21(27)23(18)12-16-5-2-10-28-16/h1-11,18,24-25H,12H2/b19-17-. The topological polar surface area (TPSA) is 90.7 Å². The molecule has 1 saturated heterocycles. The lowest BCUT2D eigenvalue weighted by atomic mass is 9.95. The molecule has 0 aliphatic carbocycles. The Balaban J connectivity index is 1.88. The number of phenolic OH excluding ortho intramolecular Hbond substituents is 1. The highest BCUT2D eigenvalue weighted by Crippen LogP contribution is 2.41. The van der Waals surface area contributed by atoms with Crippen LogP contribution in [0.3, 0.4) is 0 Å². The molecule has 3 aromatic rings. The van der Waals surface area contributed by atoms with Gasteiger partial charge in [-0.3, -0.25) is 14.6 Å². The summed E-state index contributed by atoms with van der Waals surface area (Å²) in [5, 5.41) is 22.7. The van der Waals surface area contributed by atoms with E-state index >= 15 is 0 Å². The Morgan fingerprint density at radius 2 is 1.89 bits per heavy atom. The molecule has 140 valence electrons. The molecule has 2 aromatic heterocycles. The van der Waals surface area contributed by atoms with Crippen molar-refractivity contribution < 1.29 is 19.8 Å². The van der Waals surface area contributed by atoms with Crippen LogP contribution in [0.2, 0.25) is 0 Å². The van der Waals surface area contributed by atoms with Crippen LogP contribution in [0.4, 0.5) is 0 Å². The highest BCUT2D eigenvalue weighted by Gasteiger charge is 2.46. The predicted molar refractivity (Wildman–Crippen MR) is 105 cm³/mol. The molecular formula is C21H16N2O4S. The zero-order chi connectivity index (χ0) is 19.7. The number of amides is 1. The highest BCUT2D eigenvalue weighted by atomic mass is 32.1. The predicted octanol–water partition coefficient (Wildman–Crippen LogP) is 3.47. The Morgan fingerprint density at radius 1 is 1.11 bits per heavy atom. The molecule has 0 radical (unpaired) electrons. The van der Waals surface area contributed by atoms with Gasteiger partial charge in [-0.05, 0) is 41.3 Å². The molecule has 7 heteroatoms. The summed E-state index contributed by atoms with van der Waals surface area (Å²) in [6, 6.07) is 12.5. The molecule has 1 aliphatic heterocycles. The first-order chi connectivity index (χ1) is 13.6. The molecule has 28 heavy (non-hydrogen) atoms. The molecule has 6 nitrogen and oxygen atoms in total. The van der Waals surface area contributed by atoms with Crippen molar-refractivity contribution in [2.45, 2.75) is 12.6 Å². The van der Waals surface area contributed by atoms with E-state index in [2.05, 4.69) is 4.98 Å². The molecule has 1 aromatic carbocycles. The summed E-state index contributed by atoms with van der Waals surface area (Å²) in [7, 11) is 0. The van der Waals surface area contributed by atoms with Crippen molar-refractivity contribution in [3.63, 3.8) is 0 Å². The van der Waals surface area contributed by atoms with Gasteiger partial charge in [0.05, 0.1) is 18.2 Å². The van der Waals surface area contributed by atoms with Gasteiger partial charge < -0.3 is 15.1 Å². The maximum absolute atomic E-state index is 12.8. The van der Waals surface area contributed by atoms with Crippen LogP contribution in [0, 0.1) is 0 Å². The van der Waals surface area contributed by atoms with Crippen LogP contribution in [-0.2, 0) is 16.1 Å². The third-order valence-electron chi connectivity index (χ3n) is 4.59. The number of benzene rings is 1. The molecular weight excluding hydrogens is 376 g/mol. The van der Waals surface area contributed by atoms with Crippen LogP contribution >= 0.6 is 11.3 Å². The molecule has 3 heterocycles. The zero-order valence-corrected chi connectivity index (χ0v) is 15.5. The van der Waals surface area contributed by atoms with Gasteiger partial charge >= 0.3 is 0 Å². The van der Waals surface area contributed by atoms with E-state index in [1.54, 1.807) is 24.3 Å². The van der Waals surface area contributed by atoms with E-state index in [0.29, 0.717) is 11.1 Å². The molecule has 0 spiro atoms. The number of likely N-dealkylation sites (tertiary alicyclic amines) is 1. The van der Waals surface area contributed by atoms with Crippen molar-refractivity contribution in [2.75, 3.05) is 0 Å². The number of rotatable bonds is 4. The second kappa shape index (κ2) is 7.28. The van der Waals surface area contributed by atoms with E-state index in [1.807, 2.05) is 17.5 Å². The maximum atomic E-state index is 12.8. The molecule has 1 unspecified atom stereocenters. The Labute approximate surface area is 165 Å². The molecule has 2 N–H and O–H groups in total. The quantitative estimate of drug-likeness (QED) is 0.403. The lowest BCUT2D eigenvalue weighted by molar-refractivity contribution is -0.140. The van der Waals surface area contributed by atoms with Gasteiger partial charge in [0.2, 0.25) is 0 Å². The van der Waals surface area contributed by atoms with Crippen LogP contribution in [0.25, 0.3) is 5.76 Å². The second-order valence-electron chi connectivity index (χ2n) is 6.34. The van der Waals surface area contributed by atoms with Crippen LogP contribution < -0.4 is 0 Å². The minimum Gasteiger partial charge on any atom is -0.508 e. The van der Waals surface area contributed by atoms with Crippen LogP contribution in [-0.4, -0.2) is 31.8 Å². The number of aromatic hydroxyl groups is 1. The van der Waals surface area contributed by atoms with Crippen molar-refractivity contribution in [2.24, 2.45) is 0 Å². The van der Waals surface area contributed by atoms with Gasteiger partial charge in [-0.2, -0.15) is 0 Å². The molecule has 0 bridgehead atoms. The highest BCUT2D eigenvalue weighted by molar-refractivity contribution is 7.09. The number of thiophene rings is 1. The van der Waals surface area contributed by atoms with Crippen molar-refractivity contribution in [3.8, 4) is 5.75 Å². The number of aromatic nitrogens is 1. The van der Waals surface area contributed by atoms with Crippen LogP contribution in [0.15, 0.2) is 71.9 Å². The molecule has 1 amide bonds. The number of hydrogen-bond donors (Lipinski definition) is 2. The van der Waals surface area contributed by atoms with Crippen LogP contribution in [0.5, 0.6) is 5.75 Å². The fourth-order valence-electron chi connectivity index (χ4n) is 3.32. The smallest absolute Gasteiger partial charge is 0.295 e. The number of pyridine rings is 1. The van der Waals surface area contributed by atoms with Crippen molar-refractivity contribution in [3.05, 3.63) is 87.9 Å². The minimum absolute atomic E-state index is 0.00152. The number of ketones is 1. The SMILES string of the molecule is O=C1C(=O)N(Cc2cccs2)C(c2cccc(O)c2)/C1=C(/O)c1ccncc1. The fourth-order valence-corrected chi connectivity index (χ4v) is 4.02. The number of nitrogens with zero attached hydrogens (tertiary/aromatic N) is 2. The number of hydrogen-bond acceptors (Lipinski definition) is 6. The number of carbonyl (C=O) groups is 2. The first-order valence-corrected chi connectivity index (χ1v) is 9.44. The van der Waals surface area contributed by atoms with E-state index in [4.69, 9.17) is 0 Å². The van der Waals surface area contributed by atoms with Gasteiger partial charge in [-0.15, -0.1) is 11.3 Å². The average Bonchev–Trinajstić information content (AvgIpc) is 3.30. The Morgan fingerprint density at radius 3 is 2.57 bits per heavy atom. The average molecular weight is 392 g/mol. The Hall–Kier alpha value is -3.45. The normalized spacial score (nSPS) is 18.6. The molecule has 1 atom stereocenters. The van der Waals surface area contributed by atoms with Crippen molar-refractivity contribution in [1.29, 1.82) is 0 Å². The molecule has 0 saturated carbocycles. The van der Waals surface area contributed by atoms with Gasteiger partial charge in [-0.25, -0.2) is 0 Å². The van der Waals surface area contributed by atoms with Gasteiger partial charge in [0, 0.05) is 22.8 Å². The molecule has 1 fully saturated rings. The summed E-state index contributed by atoms with van der Waals surface area (Å²) >= 11 is 1.48. The molecule has 1 aliphatic rings. The Kier molecular flexibility index (Phi) is 4.67. The van der Waals surface area contributed by atoms with E-state index in [1.165, 1.54) is 40.8 Å². The molecule has 4 rings (SSSR count). The Bertz CT molecular complexity index is 1060. The largest absolute Gasteiger partial charge is 0.508 e. The van der Waals surface area contributed by atoms with E-state index in [0.717, 1.165) is 4.88 Å².